The van der Waals surface area contributed by atoms with Crippen LogP contribution in [-0.2, 0) is 0 Å². The quantitative estimate of drug-likeness (QED) is 0.803. The van der Waals surface area contributed by atoms with Crippen LogP contribution in [0.1, 0.15) is 0 Å². The number of aliphatic imine (C=N–C) groups is 1. The van der Waals surface area contributed by atoms with Gasteiger partial charge in [-0.25, -0.2) is 0 Å². The monoisotopic (exact) mass is 217 g/mol. The van der Waals surface area contributed by atoms with Crippen LogP contribution in [0.4, 0.5) is 5.69 Å². The van der Waals surface area contributed by atoms with Gasteiger partial charge in [0.05, 0.1) is 18.4 Å². The topological polar surface area (TPSA) is 56.7 Å². The van der Waals surface area contributed by atoms with Gasteiger partial charge in [0, 0.05) is 11.6 Å². The molecule has 1 heterocycles. The first-order chi connectivity index (χ1) is 7.76. The number of furan rings is 1. The number of ether oxygens (including phenoxy) is 1. The Labute approximate surface area is 92.8 Å². The van der Waals surface area contributed by atoms with E-state index in [0.717, 1.165) is 5.56 Å². The van der Waals surface area contributed by atoms with Crippen LogP contribution in [0, 0.1) is 0 Å². The summed E-state index contributed by atoms with van der Waals surface area (Å²) in [5, 5.41) is 9.72. The molecular formula is C12H11NO3+. The maximum Gasteiger partial charge on any atom is 0.322 e. The number of nitrogens with zero attached hydrogens (tertiary/aromatic N) is 1. The van der Waals surface area contributed by atoms with Crippen LogP contribution >= 0.6 is 0 Å². The molecule has 0 aliphatic heterocycles. The molecule has 1 N–H and O–H groups in total. The highest BCUT2D eigenvalue weighted by Crippen LogP contribution is 2.38. The van der Waals surface area contributed by atoms with Crippen molar-refractivity contribution in [3.63, 3.8) is 0 Å². The molecule has 0 amide bonds. The van der Waals surface area contributed by atoms with Crippen molar-refractivity contribution in [2.24, 2.45) is 0 Å². The van der Waals surface area contributed by atoms with Crippen LogP contribution in [0.2, 0.25) is 0 Å². The van der Waals surface area contributed by atoms with Gasteiger partial charge < -0.3 is 14.3 Å². The van der Waals surface area contributed by atoms with Gasteiger partial charge >= 0.3 is 5.69 Å². The van der Waals surface area contributed by atoms with Crippen molar-refractivity contribution in [2.45, 2.75) is 0 Å². The Kier molecular flexibility index (Phi) is 2.64. The van der Waals surface area contributed by atoms with Gasteiger partial charge in [-0.05, 0) is 18.2 Å². The molecule has 0 bridgehead atoms. The Bertz CT molecular complexity index is 503. The number of benzene rings is 1. The van der Waals surface area contributed by atoms with E-state index in [1.165, 1.54) is 7.11 Å². The number of methoxy groups -OCH3 is 1. The minimum Gasteiger partial charge on any atom is -0.499 e. The van der Waals surface area contributed by atoms with E-state index in [2.05, 4.69) is 11.7 Å². The molecule has 0 atom stereocenters. The van der Waals surface area contributed by atoms with E-state index in [-0.39, 0.29) is 5.75 Å². The van der Waals surface area contributed by atoms with Crippen LogP contribution in [-0.4, -0.2) is 18.9 Å². The van der Waals surface area contributed by atoms with Gasteiger partial charge in [0.25, 0.3) is 0 Å². The Morgan fingerprint density at radius 1 is 1.44 bits per heavy atom. The molecule has 0 unspecified atom stereocenters. The lowest BCUT2D eigenvalue weighted by molar-refractivity contribution is 0.374. The molecule has 4 heteroatoms. The van der Waals surface area contributed by atoms with E-state index in [1.54, 1.807) is 24.5 Å². The van der Waals surface area contributed by atoms with Gasteiger partial charge in [0.1, 0.15) is 5.76 Å². The van der Waals surface area contributed by atoms with Crippen LogP contribution in [0.25, 0.3) is 11.3 Å². The molecule has 0 fully saturated rings. The van der Waals surface area contributed by atoms with Gasteiger partial charge in [-0.15, -0.1) is 0 Å². The first-order valence-corrected chi connectivity index (χ1v) is 4.68. The summed E-state index contributed by atoms with van der Waals surface area (Å²) >= 11 is 0. The van der Waals surface area contributed by atoms with Gasteiger partial charge in [-0.2, -0.15) is 0 Å². The summed E-state index contributed by atoms with van der Waals surface area (Å²) in [6.07, 6.45) is 1.58. The van der Waals surface area contributed by atoms with Gasteiger partial charge in [-0.3, -0.25) is 0 Å². The van der Waals surface area contributed by atoms with E-state index in [4.69, 9.17) is 9.15 Å². The molecule has 1 aromatic carbocycles. The second-order valence-electron chi connectivity index (χ2n) is 3.18. The van der Waals surface area contributed by atoms with Crippen molar-refractivity contribution < 1.29 is 14.3 Å². The van der Waals surface area contributed by atoms with Gasteiger partial charge in [0.15, 0.2) is 5.75 Å². The van der Waals surface area contributed by atoms with E-state index >= 15 is 0 Å². The summed E-state index contributed by atoms with van der Waals surface area (Å²) in [5.41, 5.74) is 1.15. The highest BCUT2D eigenvalue weighted by atomic mass is 16.5. The van der Waals surface area contributed by atoms with Crippen molar-refractivity contribution in [3.05, 3.63) is 30.5 Å². The first kappa shape index (κ1) is 10.3. The second-order valence-corrected chi connectivity index (χ2v) is 3.18. The third-order valence-corrected chi connectivity index (χ3v) is 2.25. The summed E-state index contributed by atoms with van der Waals surface area (Å²) in [6.45, 7) is 3.39. The number of phenols is 1. The Morgan fingerprint density at radius 2 is 2.25 bits per heavy atom. The minimum absolute atomic E-state index is 0.0205. The smallest absolute Gasteiger partial charge is 0.322 e. The average Bonchev–Trinajstić information content (AvgIpc) is 2.83. The molecule has 0 saturated carbocycles. The van der Waals surface area contributed by atoms with E-state index in [9.17, 15) is 5.11 Å². The number of hydrogen-bond acceptors (Lipinski definition) is 4. The lowest BCUT2D eigenvalue weighted by Crippen LogP contribution is -1.88. The molecular weight excluding hydrogens is 206 g/mol. The first-order valence-electron chi connectivity index (χ1n) is 4.68. The lowest BCUT2D eigenvalue weighted by Gasteiger charge is -2.03. The van der Waals surface area contributed by atoms with E-state index < -0.39 is 0 Å². The van der Waals surface area contributed by atoms with Crippen molar-refractivity contribution in [1.82, 2.24) is 4.99 Å². The van der Waals surface area contributed by atoms with Gasteiger partial charge in [0.2, 0.25) is 12.5 Å². The summed E-state index contributed by atoms with van der Waals surface area (Å²) in [5.74, 6) is 1.01. The number of hydrogen-bond donors (Lipinski definition) is 1. The molecule has 1 aromatic heterocycles. The zero-order valence-electron chi connectivity index (χ0n) is 8.80. The number of phenolic OH excluding ortho intramolecular Hbond substituents is 1. The third-order valence-electron chi connectivity index (χ3n) is 2.25. The van der Waals surface area contributed by atoms with Crippen molar-refractivity contribution >= 4 is 12.4 Å². The fourth-order valence-electron chi connectivity index (χ4n) is 1.45. The van der Waals surface area contributed by atoms with E-state index in [1.807, 2.05) is 6.07 Å². The highest BCUT2D eigenvalue weighted by Gasteiger charge is 2.18. The molecule has 0 spiro atoms. The summed E-state index contributed by atoms with van der Waals surface area (Å²) in [6, 6.07) is 6.97. The Balaban J connectivity index is 2.60. The van der Waals surface area contributed by atoms with Crippen LogP contribution < -0.4 is 9.73 Å². The van der Waals surface area contributed by atoms with Crippen molar-refractivity contribution in [2.75, 3.05) is 7.11 Å². The minimum atomic E-state index is -0.0205. The maximum atomic E-state index is 9.72. The summed E-state index contributed by atoms with van der Waals surface area (Å²) in [4.78, 5) is 3.73. The fraction of sp³-hybridized carbons (Fsp3) is 0.0833. The van der Waals surface area contributed by atoms with Crippen LogP contribution in [0.5, 0.6) is 11.5 Å². The summed E-state index contributed by atoms with van der Waals surface area (Å²) in [7, 11) is 1.48. The molecule has 0 aliphatic rings. The van der Waals surface area contributed by atoms with E-state index in [0.29, 0.717) is 17.2 Å². The van der Waals surface area contributed by atoms with Crippen LogP contribution in [0.3, 0.4) is 0 Å². The lowest BCUT2D eigenvalue weighted by atomic mass is 10.1. The molecule has 0 saturated heterocycles. The standard InChI is InChI=1S/C12H11NO3/c1-13-9-6-8(10-4-3-5-16-10)7-11(15-2)12(9)14/h3-7,14H,1H2,2H3/q+1. The summed E-state index contributed by atoms with van der Waals surface area (Å²) < 4.78 is 10.3. The molecule has 4 nitrogen and oxygen atoms in total. The van der Waals surface area contributed by atoms with Crippen LogP contribution in [0.15, 0.2) is 34.9 Å². The fourth-order valence-corrected chi connectivity index (χ4v) is 1.45. The SMILES string of the molecule is C=[N+]c1cc(-c2ccco2)cc(OC)c1O. The molecule has 2 aromatic rings. The third kappa shape index (κ3) is 1.65. The number of aromatic hydroxyl groups is 1. The highest BCUT2D eigenvalue weighted by molar-refractivity contribution is 5.72. The predicted molar refractivity (Wildman–Crippen MR) is 61.3 cm³/mol. The second kappa shape index (κ2) is 4.10. The zero-order valence-corrected chi connectivity index (χ0v) is 8.80. The zero-order chi connectivity index (χ0) is 11.5. The maximum absolute atomic E-state index is 9.72. The number of rotatable bonds is 3. The van der Waals surface area contributed by atoms with Gasteiger partial charge in [-0.1, -0.05) is 0 Å². The predicted octanol–water partition coefficient (Wildman–Crippen LogP) is 2.33. The molecule has 16 heavy (non-hydrogen) atoms. The molecule has 0 aliphatic carbocycles. The van der Waals surface area contributed by atoms with Crippen molar-refractivity contribution in [3.8, 4) is 22.8 Å². The molecule has 1 radical (unpaired) electrons. The average molecular weight is 217 g/mol. The molecule has 81 valence electrons. The largest absolute Gasteiger partial charge is 0.499 e. The normalized spacial score (nSPS) is 10.1. The Morgan fingerprint density at radius 3 is 2.81 bits per heavy atom. The molecule has 2 rings (SSSR count). The van der Waals surface area contributed by atoms with Crippen molar-refractivity contribution in [1.29, 1.82) is 0 Å². The Hall–Kier alpha value is -2.23.